The normalized spacial score (nSPS) is 12.9. The highest BCUT2D eigenvalue weighted by molar-refractivity contribution is 5.11. The number of pyridine rings is 1. The molecule has 0 saturated heterocycles. The molecule has 1 rings (SSSR count). The van der Waals surface area contributed by atoms with Gasteiger partial charge in [0.05, 0.1) is 12.3 Å². The maximum absolute atomic E-state index is 12.5. The maximum atomic E-state index is 12.5. The number of aromatic nitrogens is 1. The lowest BCUT2D eigenvalue weighted by atomic mass is 10.1. The molecule has 1 heterocycles. The van der Waals surface area contributed by atoms with E-state index in [1.807, 2.05) is 0 Å². The van der Waals surface area contributed by atoms with Gasteiger partial charge in [-0.3, -0.25) is 4.98 Å². The summed E-state index contributed by atoms with van der Waals surface area (Å²) in [6.45, 7) is 0.177. The minimum Gasteiger partial charge on any atom is -0.391 e. The molecular formula is C8H11FN2O. The van der Waals surface area contributed by atoms with Crippen molar-refractivity contribution in [2.45, 2.75) is 12.5 Å². The van der Waals surface area contributed by atoms with E-state index in [9.17, 15) is 4.39 Å². The molecule has 0 saturated carbocycles. The van der Waals surface area contributed by atoms with Gasteiger partial charge in [-0.25, -0.2) is 4.39 Å². The molecule has 0 amide bonds. The van der Waals surface area contributed by atoms with E-state index in [0.717, 1.165) is 6.20 Å². The summed E-state index contributed by atoms with van der Waals surface area (Å²) in [5.74, 6) is -0.392. The van der Waals surface area contributed by atoms with Crippen molar-refractivity contribution in [3.05, 3.63) is 29.8 Å². The fourth-order valence-corrected chi connectivity index (χ4v) is 0.923. The number of aliphatic hydroxyl groups is 1. The van der Waals surface area contributed by atoms with Gasteiger partial charge >= 0.3 is 0 Å². The van der Waals surface area contributed by atoms with Crippen LogP contribution in [0.5, 0.6) is 0 Å². The fourth-order valence-electron chi connectivity index (χ4n) is 0.923. The first-order chi connectivity index (χ1) is 5.72. The first kappa shape index (κ1) is 9.09. The van der Waals surface area contributed by atoms with E-state index in [4.69, 9.17) is 10.8 Å². The number of aliphatic hydroxyl groups excluding tert-OH is 1. The smallest absolute Gasteiger partial charge is 0.141 e. The number of nitrogens with two attached hydrogens (primary N) is 1. The molecule has 3 nitrogen and oxygen atoms in total. The Morgan fingerprint density at radius 1 is 1.58 bits per heavy atom. The van der Waals surface area contributed by atoms with E-state index < -0.39 is 11.9 Å². The second kappa shape index (κ2) is 4.13. The van der Waals surface area contributed by atoms with E-state index in [2.05, 4.69) is 4.98 Å². The van der Waals surface area contributed by atoms with Crippen LogP contribution in [0.2, 0.25) is 0 Å². The summed E-state index contributed by atoms with van der Waals surface area (Å²) in [5.41, 5.74) is 5.85. The van der Waals surface area contributed by atoms with Crippen LogP contribution in [-0.4, -0.2) is 22.7 Å². The Bertz CT molecular complexity index is 255. The van der Waals surface area contributed by atoms with Crippen molar-refractivity contribution >= 4 is 0 Å². The predicted molar refractivity (Wildman–Crippen MR) is 43.0 cm³/mol. The molecule has 3 N–H and O–H groups in total. The Balaban J connectivity index is 2.63. The average Bonchev–Trinajstić information content (AvgIpc) is 2.04. The molecule has 66 valence electrons. The third-order valence-electron chi connectivity index (χ3n) is 1.50. The minimum atomic E-state index is -0.617. The van der Waals surface area contributed by atoms with Gasteiger partial charge in [0.1, 0.15) is 5.82 Å². The monoisotopic (exact) mass is 170 g/mol. The SMILES string of the molecule is NCC(O)Cc1cncc(F)c1. The van der Waals surface area contributed by atoms with Crippen LogP contribution >= 0.6 is 0 Å². The van der Waals surface area contributed by atoms with Crippen molar-refractivity contribution in [3.8, 4) is 0 Å². The van der Waals surface area contributed by atoms with Gasteiger partial charge in [0.25, 0.3) is 0 Å². The first-order valence-electron chi connectivity index (χ1n) is 3.70. The topological polar surface area (TPSA) is 59.1 Å². The molecule has 0 bridgehead atoms. The molecule has 0 fully saturated rings. The zero-order valence-electron chi connectivity index (χ0n) is 6.57. The predicted octanol–water partition coefficient (Wildman–Crippen LogP) is 0.0828. The maximum Gasteiger partial charge on any atom is 0.141 e. The Morgan fingerprint density at radius 3 is 2.92 bits per heavy atom. The van der Waals surface area contributed by atoms with Crippen LogP contribution in [0.3, 0.4) is 0 Å². The highest BCUT2D eigenvalue weighted by Gasteiger charge is 2.03. The molecular weight excluding hydrogens is 159 g/mol. The summed E-state index contributed by atoms with van der Waals surface area (Å²) in [5, 5.41) is 9.13. The molecule has 1 unspecified atom stereocenters. The van der Waals surface area contributed by atoms with E-state index in [1.54, 1.807) is 0 Å². The summed E-state index contributed by atoms with van der Waals surface area (Å²) in [4.78, 5) is 3.64. The third-order valence-corrected chi connectivity index (χ3v) is 1.50. The summed E-state index contributed by atoms with van der Waals surface area (Å²) >= 11 is 0. The second-order valence-electron chi connectivity index (χ2n) is 2.61. The fraction of sp³-hybridized carbons (Fsp3) is 0.375. The first-order valence-corrected chi connectivity index (χ1v) is 3.70. The van der Waals surface area contributed by atoms with Gasteiger partial charge in [-0.15, -0.1) is 0 Å². The Morgan fingerprint density at radius 2 is 2.33 bits per heavy atom. The minimum absolute atomic E-state index is 0.177. The lowest BCUT2D eigenvalue weighted by molar-refractivity contribution is 0.183. The molecule has 1 aromatic rings. The lowest BCUT2D eigenvalue weighted by Crippen LogP contribution is -2.22. The highest BCUT2D eigenvalue weighted by Crippen LogP contribution is 2.03. The third kappa shape index (κ3) is 2.56. The summed E-state index contributed by atoms with van der Waals surface area (Å²) in [6.07, 6.45) is 2.37. The van der Waals surface area contributed by atoms with Gasteiger partial charge in [0.2, 0.25) is 0 Å². The quantitative estimate of drug-likeness (QED) is 0.675. The van der Waals surface area contributed by atoms with Crippen LogP contribution in [0.4, 0.5) is 4.39 Å². The Kier molecular flexibility index (Phi) is 3.13. The largest absolute Gasteiger partial charge is 0.391 e. The average molecular weight is 170 g/mol. The van der Waals surface area contributed by atoms with Gasteiger partial charge in [0, 0.05) is 19.2 Å². The molecule has 0 aliphatic rings. The van der Waals surface area contributed by atoms with E-state index in [1.165, 1.54) is 12.3 Å². The van der Waals surface area contributed by atoms with Gasteiger partial charge in [-0.05, 0) is 11.6 Å². The second-order valence-corrected chi connectivity index (χ2v) is 2.61. The number of rotatable bonds is 3. The van der Waals surface area contributed by atoms with Crippen molar-refractivity contribution < 1.29 is 9.50 Å². The summed E-state index contributed by atoms with van der Waals surface area (Å²) in [6, 6.07) is 1.34. The van der Waals surface area contributed by atoms with Crippen molar-refractivity contribution in [1.82, 2.24) is 4.98 Å². The van der Waals surface area contributed by atoms with Gasteiger partial charge in [0.15, 0.2) is 0 Å². The van der Waals surface area contributed by atoms with E-state index in [-0.39, 0.29) is 6.54 Å². The van der Waals surface area contributed by atoms with Crippen LogP contribution in [-0.2, 0) is 6.42 Å². The number of nitrogens with zero attached hydrogens (tertiary/aromatic N) is 1. The van der Waals surface area contributed by atoms with Gasteiger partial charge in [-0.1, -0.05) is 0 Å². The van der Waals surface area contributed by atoms with Crippen LogP contribution in [0.15, 0.2) is 18.5 Å². The molecule has 0 radical (unpaired) electrons. The van der Waals surface area contributed by atoms with Crippen LogP contribution in [0.25, 0.3) is 0 Å². The highest BCUT2D eigenvalue weighted by atomic mass is 19.1. The van der Waals surface area contributed by atoms with Crippen molar-refractivity contribution in [2.24, 2.45) is 5.73 Å². The number of halogens is 1. The van der Waals surface area contributed by atoms with Crippen LogP contribution < -0.4 is 5.73 Å². The molecule has 1 aromatic heterocycles. The van der Waals surface area contributed by atoms with E-state index in [0.29, 0.717) is 12.0 Å². The van der Waals surface area contributed by atoms with Gasteiger partial charge < -0.3 is 10.8 Å². The van der Waals surface area contributed by atoms with Crippen LogP contribution in [0, 0.1) is 5.82 Å². The molecule has 12 heavy (non-hydrogen) atoms. The van der Waals surface area contributed by atoms with Crippen LogP contribution in [0.1, 0.15) is 5.56 Å². The molecule has 4 heteroatoms. The number of hydrogen-bond acceptors (Lipinski definition) is 3. The van der Waals surface area contributed by atoms with Crippen molar-refractivity contribution in [2.75, 3.05) is 6.54 Å². The standard InChI is InChI=1S/C8H11FN2O/c9-7-1-6(4-11-5-7)2-8(12)3-10/h1,4-5,8,12H,2-3,10H2. The Hall–Kier alpha value is -1.00. The lowest BCUT2D eigenvalue weighted by Gasteiger charge is -2.06. The molecule has 0 aliphatic carbocycles. The molecule has 0 aromatic carbocycles. The van der Waals surface area contributed by atoms with Crippen molar-refractivity contribution in [1.29, 1.82) is 0 Å². The molecule has 0 spiro atoms. The Labute approximate surface area is 70.0 Å². The number of hydrogen-bond donors (Lipinski definition) is 2. The zero-order chi connectivity index (χ0) is 8.97. The summed E-state index contributed by atoms with van der Waals surface area (Å²) in [7, 11) is 0. The van der Waals surface area contributed by atoms with Gasteiger partial charge in [-0.2, -0.15) is 0 Å². The summed E-state index contributed by atoms with van der Waals surface area (Å²) < 4.78 is 12.5. The molecule has 0 aliphatic heterocycles. The zero-order valence-corrected chi connectivity index (χ0v) is 6.57. The molecule has 1 atom stereocenters. The van der Waals surface area contributed by atoms with Crippen molar-refractivity contribution in [3.63, 3.8) is 0 Å². The van der Waals surface area contributed by atoms with E-state index >= 15 is 0 Å².